The minimum Gasteiger partial charge on any atom is -0.400 e. The van der Waals surface area contributed by atoms with E-state index in [1.165, 1.54) is 11.1 Å². The molecule has 0 saturated carbocycles. The van der Waals surface area contributed by atoms with Gasteiger partial charge in [0.15, 0.2) is 0 Å². The van der Waals surface area contributed by atoms with Crippen LogP contribution in [0.5, 0.6) is 0 Å². The molecule has 4 aliphatic rings. The Bertz CT molecular complexity index is 1650. The quantitative estimate of drug-likeness (QED) is 0.196. The molecule has 0 bridgehead atoms. The van der Waals surface area contributed by atoms with Crippen LogP contribution in [0.2, 0.25) is 0 Å². The van der Waals surface area contributed by atoms with Gasteiger partial charge in [0.25, 0.3) is 0 Å². The second-order valence-electron chi connectivity index (χ2n) is 14.8. The smallest absolute Gasteiger partial charge is 0.400 e. The van der Waals surface area contributed by atoms with Crippen molar-refractivity contribution in [1.82, 2.24) is 0 Å². The van der Waals surface area contributed by atoms with Gasteiger partial charge in [0.1, 0.15) is 0 Å². The van der Waals surface area contributed by atoms with Crippen LogP contribution in [0, 0.1) is 13.8 Å². The monoisotopic (exact) mass is 699 g/mol. The van der Waals surface area contributed by atoms with E-state index in [-0.39, 0.29) is 30.1 Å². The summed E-state index contributed by atoms with van der Waals surface area (Å²) >= 11 is 0. The average Bonchev–Trinajstić information content (AvgIpc) is 3.75. The number of hydrogen-bond donors (Lipinski definition) is 0. The largest absolute Gasteiger partial charge is 0.495 e. The maximum Gasteiger partial charge on any atom is 0.495 e. The molecule has 3 aromatic carbocycles. The van der Waals surface area contributed by atoms with Gasteiger partial charge in [0.05, 0.1) is 22.4 Å². The van der Waals surface area contributed by atoms with E-state index in [9.17, 15) is 0 Å². The number of hydrogen-bond acceptors (Lipinski definition) is 4. The van der Waals surface area contributed by atoms with E-state index in [0.717, 1.165) is 34.1 Å². The molecule has 2 aliphatic carbocycles. The summed E-state index contributed by atoms with van der Waals surface area (Å²) in [6.07, 6.45) is 10.7. The van der Waals surface area contributed by atoms with E-state index in [1.807, 2.05) is 30.7 Å². The van der Waals surface area contributed by atoms with Crippen molar-refractivity contribution in [3.05, 3.63) is 157 Å². The Morgan fingerprint density at radius 2 is 0.939 bits per heavy atom. The fourth-order valence-electron chi connectivity index (χ4n) is 6.54. The van der Waals surface area contributed by atoms with Gasteiger partial charge in [-0.3, -0.25) is 0 Å². The molecule has 258 valence electrons. The predicted octanol–water partition coefficient (Wildman–Crippen LogP) is 10.1. The standard InChI is InChI=1S/C36H42B2O4.C5H5.CH3.Co/c1-33(2)34(3,4)40-37(39-33)29-24-28(25-18-12-9-13-19-25)30(26-20-14-10-15-21-26)32(31(29)27-22-16-11-17-23-27)38-41-35(5,6)36(7,8)42-38;1-2-4-5-3-1;;/h9-23,28H,24H2,1-8H3;1-5H;1H3;/q;;-1;/t28-;;;/m0.../s1. The Hall–Kier alpha value is -2.90. The Kier molecular flexibility index (Phi) is 12.0. The summed E-state index contributed by atoms with van der Waals surface area (Å²) in [7, 11) is -1.09. The zero-order valence-corrected chi connectivity index (χ0v) is 31.5. The van der Waals surface area contributed by atoms with E-state index in [2.05, 4.69) is 146 Å². The van der Waals surface area contributed by atoms with Crippen molar-refractivity contribution in [3.8, 4) is 0 Å². The molecule has 0 amide bonds. The average molecular weight is 699 g/mol. The van der Waals surface area contributed by atoms with Gasteiger partial charge < -0.3 is 26.0 Å². The van der Waals surface area contributed by atoms with Crippen molar-refractivity contribution in [2.24, 2.45) is 0 Å². The van der Waals surface area contributed by atoms with Crippen LogP contribution in [0.4, 0.5) is 0 Å². The normalized spacial score (nSPS) is 22.7. The Morgan fingerprint density at radius 3 is 1.37 bits per heavy atom. The van der Waals surface area contributed by atoms with Crippen LogP contribution in [0.1, 0.15) is 84.4 Å². The molecule has 7 heteroatoms. The molecule has 2 radical (unpaired) electrons. The molecule has 2 fully saturated rings. The van der Waals surface area contributed by atoms with Crippen molar-refractivity contribution in [2.75, 3.05) is 0 Å². The Morgan fingerprint density at radius 1 is 0.531 bits per heavy atom. The van der Waals surface area contributed by atoms with Gasteiger partial charge in [0, 0.05) is 29.1 Å². The number of benzene rings is 3. The molecule has 0 N–H and O–H groups in total. The summed E-state index contributed by atoms with van der Waals surface area (Å²) in [5.41, 5.74) is 6.06. The summed E-state index contributed by atoms with van der Waals surface area (Å²) in [6.45, 7) is 17.0. The Labute approximate surface area is 306 Å². The maximum atomic E-state index is 6.89. The zero-order valence-electron chi connectivity index (χ0n) is 30.5. The maximum absolute atomic E-state index is 6.89. The minimum atomic E-state index is -0.579. The van der Waals surface area contributed by atoms with Crippen LogP contribution in [-0.2, 0) is 35.4 Å². The molecule has 0 unspecified atom stereocenters. The van der Waals surface area contributed by atoms with Crippen LogP contribution < -0.4 is 0 Å². The van der Waals surface area contributed by atoms with Crippen LogP contribution in [0.3, 0.4) is 0 Å². The van der Waals surface area contributed by atoms with E-state index >= 15 is 0 Å². The van der Waals surface area contributed by atoms with Gasteiger partial charge in [0.2, 0.25) is 0 Å². The summed E-state index contributed by atoms with van der Waals surface area (Å²) in [6, 6.07) is 32.1. The molecule has 2 aliphatic heterocycles. The fourth-order valence-corrected chi connectivity index (χ4v) is 6.54. The topological polar surface area (TPSA) is 36.9 Å². The second kappa shape index (κ2) is 15.1. The molecule has 1 atom stereocenters. The third kappa shape index (κ3) is 7.73. The SMILES string of the molecule is CC1(C)OB(C2=C(c3ccccc3)C(B3OC(C)(C)C(C)(C)O3)=C(c3ccccc3)[C@H](c3ccccc3)C2)OC1(C)C.[CH3-].[CH]1C=CC=C1.[Co]. The number of allylic oxidation sites excluding steroid dienone is 8. The van der Waals surface area contributed by atoms with Gasteiger partial charge in [-0.2, -0.15) is 0 Å². The first-order chi connectivity index (χ1) is 22.3. The van der Waals surface area contributed by atoms with Crippen LogP contribution in [0.25, 0.3) is 11.1 Å². The molecule has 3 aromatic rings. The molecule has 4 nitrogen and oxygen atoms in total. The third-order valence-corrected chi connectivity index (χ3v) is 10.6. The molecular weight excluding hydrogens is 649 g/mol. The molecule has 7 rings (SSSR count). The van der Waals surface area contributed by atoms with Gasteiger partial charge in [-0.25, -0.2) is 0 Å². The molecule has 2 heterocycles. The first-order valence-corrected chi connectivity index (χ1v) is 16.8. The first kappa shape index (κ1) is 38.9. The van der Waals surface area contributed by atoms with Crippen molar-refractivity contribution < 1.29 is 35.4 Å². The summed E-state index contributed by atoms with van der Waals surface area (Å²) < 4.78 is 27.4. The molecule has 2 saturated heterocycles. The van der Waals surface area contributed by atoms with Gasteiger partial charge >= 0.3 is 14.2 Å². The van der Waals surface area contributed by atoms with Crippen molar-refractivity contribution in [2.45, 2.75) is 90.1 Å². The van der Waals surface area contributed by atoms with E-state index < -0.39 is 36.6 Å². The molecule has 0 spiro atoms. The minimum absolute atomic E-state index is 0. The predicted molar refractivity (Wildman–Crippen MR) is 202 cm³/mol. The molecule has 0 aromatic heterocycles. The van der Waals surface area contributed by atoms with Crippen molar-refractivity contribution >= 4 is 25.4 Å². The van der Waals surface area contributed by atoms with Gasteiger partial charge in [-0.15, -0.1) is 0 Å². The van der Waals surface area contributed by atoms with E-state index in [0.29, 0.717) is 0 Å². The zero-order chi connectivity index (χ0) is 33.5. The van der Waals surface area contributed by atoms with Gasteiger partial charge in [-0.05, 0) is 101 Å². The number of rotatable bonds is 5. The van der Waals surface area contributed by atoms with Gasteiger partial charge in [-0.1, -0.05) is 115 Å². The molecular formula is C42H50B2CoO4-. The fraction of sp³-hybridized carbons (Fsp3) is 0.333. The first-order valence-electron chi connectivity index (χ1n) is 16.8. The summed E-state index contributed by atoms with van der Waals surface area (Å²) in [4.78, 5) is 0. The Balaban J connectivity index is 0.000000710. The van der Waals surface area contributed by atoms with Crippen LogP contribution >= 0.6 is 0 Å². The third-order valence-electron chi connectivity index (χ3n) is 10.6. The van der Waals surface area contributed by atoms with Crippen molar-refractivity contribution in [3.63, 3.8) is 0 Å². The molecule has 49 heavy (non-hydrogen) atoms. The summed E-state index contributed by atoms with van der Waals surface area (Å²) in [5.74, 6) is 0.0455. The van der Waals surface area contributed by atoms with E-state index in [1.54, 1.807) is 0 Å². The summed E-state index contributed by atoms with van der Waals surface area (Å²) in [5, 5.41) is 0. The van der Waals surface area contributed by atoms with Crippen LogP contribution in [-0.4, -0.2) is 36.6 Å². The van der Waals surface area contributed by atoms with E-state index in [4.69, 9.17) is 18.6 Å². The van der Waals surface area contributed by atoms with Crippen molar-refractivity contribution in [1.29, 1.82) is 0 Å². The van der Waals surface area contributed by atoms with Crippen LogP contribution in [0.15, 0.2) is 126 Å². The second-order valence-corrected chi connectivity index (χ2v) is 14.8.